The molecule has 0 saturated heterocycles. The SMILES string of the molecule is Cc1ccc(OCCNC(=O)CN(c2ccc(F)cc2F)S(C)(=O)=O)cc1. The largest absolute Gasteiger partial charge is 0.492 e. The number of hydrogen-bond acceptors (Lipinski definition) is 4. The number of amides is 1. The second kappa shape index (κ2) is 8.81. The maximum Gasteiger partial charge on any atom is 0.240 e. The molecule has 1 N–H and O–H groups in total. The Hall–Kier alpha value is -2.68. The van der Waals surface area contributed by atoms with Crippen molar-refractivity contribution in [1.29, 1.82) is 0 Å². The van der Waals surface area contributed by atoms with Crippen LogP contribution in [-0.2, 0) is 14.8 Å². The molecule has 146 valence electrons. The van der Waals surface area contributed by atoms with E-state index in [4.69, 9.17) is 4.74 Å². The summed E-state index contributed by atoms with van der Waals surface area (Å²) in [7, 11) is -3.95. The molecule has 0 aliphatic heterocycles. The quantitative estimate of drug-likeness (QED) is 0.692. The van der Waals surface area contributed by atoms with E-state index in [0.29, 0.717) is 16.1 Å². The first-order valence-corrected chi connectivity index (χ1v) is 9.90. The monoisotopic (exact) mass is 398 g/mol. The summed E-state index contributed by atoms with van der Waals surface area (Å²) in [6, 6.07) is 9.80. The number of aryl methyl sites for hydroxylation is 1. The van der Waals surface area contributed by atoms with Crippen LogP contribution in [0.25, 0.3) is 0 Å². The van der Waals surface area contributed by atoms with Gasteiger partial charge in [0.25, 0.3) is 0 Å². The lowest BCUT2D eigenvalue weighted by atomic mass is 10.2. The van der Waals surface area contributed by atoms with Gasteiger partial charge in [0.05, 0.1) is 18.5 Å². The summed E-state index contributed by atoms with van der Waals surface area (Å²) in [5.41, 5.74) is 0.689. The Kier molecular flexibility index (Phi) is 6.73. The number of rotatable bonds is 8. The molecule has 6 nitrogen and oxygen atoms in total. The summed E-state index contributed by atoms with van der Waals surface area (Å²) in [6.07, 6.45) is 0.837. The molecule has 0 spiro atoms. The van der Waals surface area contributed by atoms with Gasteiger partial charge >= 0.3 is 0 Å². The predicted molar refractivity (Wildman–Crippen MR) is 98.2 cm³/mol. The van der Waals surface area contributed by atoms with Crippen molar-refractivity contribution in [3.63, 3.8) is 0 Å². The molecule has 9 heteroatoms. The van der Waals surface area contributed by atoms with E-state index in [9.17, 15) is 22.0 Å². The molecular formula is C18H20F2N2O4S. The van der Waals surface area contributed by atoms with Crippen molar-refractivity contribution in [1.82, 2.24) is 5.32 Å². The first-order valence-electron chi connectivity index (χ1n) is 8.06. The van der Waals surface area contributed by atoms with Crippen LogP contribution in [0.2, 0.25) is 0 Å². The van der Waals surface area contributed by atoms with E-state index in [1.807, 2.05) is 19.1 Å². The Morgan fingerprint density at radius 2 is 1.81 bits per heavy atom. The topological polar surface area (TPSA) is 75.7 Å². The molecule has 27 heavy (non-hydrogen) atoms. The lowest BCUT2D eigenvalue weighted by Crippen LogP contribution is -2.41. The molecule has 0 fully saturated rings. The van der Waals surface area contributed by atoms with Gasteiger partial charge in [-0.1, -0.05) is 17.7 Å². The Morgan fingerprint density at radius 3 is 2.41 bits per heavy atom. The van der Waals surface area contributed by atoms with Gasteiger partial charge in [0.1, 0.15) is 30.5 Å². The van der Waals surface area contributed by atoms with Crippen LogP contribution in [0.3, 0.4) is 0 Å². The fourth-order valence-corrected chi connectivity index (χ4v) is 3.10. The minimum absolute atomic E-state index is 0.135. The molecule has 2 aromatic rings. The highest BCUT2D eigenvalue weighted by molar-refractivity contribution is 7.92. The number of carbonyl (C=O) groups excluding carboxylic acids is 1. The molecular weight excluding hydrogens is 378 g/mol. The van der Waals surface area contributed by atoms with Crippen molar-refractivity contribution < 1.29 is 26.7 Å². The van der Waals surface area contributed by atoms with E-state index in [-0.39, 0.29) is 13.2 Å². The van der Waals surface area contributed by atoms with Crippen LogP contribution in [-0.4, -0.2) is 40.3 Å². The first kappa shape index (κ1) is 20.6. The van der Waals surface area contributed by atoms with E-state index in [2.05, 4.69) is 5.32 Å². The zero-order valence-corrected chi connectivity index (χ0v) is 15.7. The molecule has 0 unspecified atom stereocenters. The number of halogens is 2. The lowest BCUT2D eigenvalue weighted by Gasteiger charge is -2.22. The Morgan fingerprint density at radius 1 is 1.15 bits per heavy atom. The molecule has 0 aliphatic rings. The van der Waals surface area contributed by atoms with E-state index in [1.165, 1.54) is 0 Å². The number of sulfonamides is 1. The maximum absolute atomic E-state index is 13.9. The highest BCUT2D eigenvalue weighted by Gasteiger charge is 2.23. The number of carbonyl (C=O) groups is 1. The molecule has 0 atom stereocenters. The molecule has 0 heterocycles. The molecule has 0 aliphatic carbocycles. The number of nitrogens with zero attached hydrogens (tertiary/aromatic N) is 1. The summed E-state index contributed by atoms with van der Waals surface area (Å²) < 4.78 is 56.8. The van der Waals surface area contributed by atoms with Crippen LogP contribution in [0, 0.1) is 18.6 Å². The summed E-state index contributed by atoms with van der Waals surface area (Å²) in [6.45, 7) is 1.63. The molecule has 2 aromatic carbocycles. The Bertz CT molecular complexity index is 902. The van der Waals surface area contributed by atoms with Gasteiger partial charge in [-0.15, -0.1) is 0 Å². The summed E-state index contributed by atoms with van der Waals surface area (Å²) in [5.74, 6) is -1.92. The van der Waals surface area contributed by atoms with Gasteiger partial charge in [-0.05, 0) is 31.2 Å². The van der Waals surface area contributed by atoms with Crippen LogP contribution in [0.4, 0.5) is 14.5 Å². The zero-order chi connectivity index (χ0) is 20.0. The fourth-order valence-electron chi connectivity index (χ4n) is 2.24. The van der Waals surface area contributed by atoms with Crippen LogP contribution in [0.15, 0.2) is 42.5 Å². The normalized spacial score (nSPS) is 11.1. The van der Waals surface area contributed by atoms with Gasteiger partial charge in [-0.3, -0.25) is 9.10 Å². The van der Waals surface area contributed by atoms with Crippen LogP contribution >= 0.6 is 0 Å². The van der Waals surface area contributed by atoms with Crippen molar-refractivity contribution in [2.45, 2.75) is 6.92 Å². The van der Waals surface area contributed by atoms with Gasteiger partial charge in [0.15, 0.2) is 0 Å². The molecule has 0 bridgehead atoms. The van der Waals surface area contributed by atoms with Crippen molar-refractivity contribution in [3.05, 3.63) is 59.7 Å². The van der Waals surface area contributed by atoms with Gasteiger partial charge in [-0.25, -0.2) is 17.2 Å². The van der Waals surface area contributed by atoms with Crippen LogP contribution < -0.4 is 14.4 Å². The van der Waals surface area contributed by atoms with Gasteiger partial charge < -0.3 is 10.1 Å². The number of hydrogen-bond donors (Lipinski definition) is 1. The van der Waals surface area contributed by atoms with Crippen molar-refractivity contribution >= 4 is 21.6 Å². The molecule has 0 saturated carbocycles. The predicted octanol–water partition coefficient (Wildman–Crippen LogP) is 2.23. The number of anilines is 1. The van der Waals surface area contributed by atoms with E-state index < -0.39 is 39.8 Å². The highest BCUT2D eigenvalue weighted by atomic mass is 32.2. The molecule has 0 aromatic heterocycles. The number of nitrogens with one attached hydrogen (secondary N) is 1. The second-order valence-corrected chi connectivity index (χ2v) is 7.78. The van der Waals surface area contributed by atoms with Gasteiger partial charge in [0.2, 0.25) is 15.9 Å². The maximum atomic E-state index is 13.9. The summed E-state index contributed by atoms with van der Waals surface area (Å²) in [4.78, 5) is 12.0. The molecule has 0 radical (unpaired) electrons. The average molecular weight is 398 g/mol. The van der Waals surface area contributed by atoms with E-state index in [1.54, 1.807) is 12.1 Å². The van der Waals surface area contributed by atoms with Gasteiger partial charge in [-0.2, -0.15) is 0 Å². The Balaban J connectivity index is 1.93. The third-order valence-electron chi connectivity index (χ3n) is 3.58. The first-order chi connectivity index (χ1) is 12.7. The number of benzene rings is 2. The second-order valence-electron chi connectivity index (χ2n) is 5.88. The van der Waals surface area contributed by atoms with E-state index in [0.717, 1.165) is 24.0 Å². The minimum atomic E-state index is -3.95. The zero-order valence-electron chi connectivity index (χ0n) is 14.9. The molecule has 2 rings (SSSR count). The van der Waals surface area contributed by atoms with Crippen molar-refractivity contribution in [2.24, 2.45) is 0 Å². The fraction of sp³-hybridized carbons (Fsp3) is 0.278. The standard InChI is InChI=1S/C18H20F2N2O4S/c1-13-3-6-15(7-4-13)26-10-9-21-18(23)12-22(27(2,24)25)17-8-5-14(19)11-16(17)20/h3-8,11H,9-10,12H2,1-2H3,(H,21,23). The van der Waals surface area contributed by atoms with E-state index >= 15 is 0 Å². The van der Waals surface area contributed by atoms with Gasteiger partial charge in [0, 0.05) is 6.07 Å². The molecule has 1 amide bonds. The minimum Gasteiger partial charge on any atom is -0.492 e. The lowest BCUT2D eigenvalue weighted by molar-refractivity contribution is -0.119. The third-order valence-corrected chi connectivity index (χ3v) is 4.71. The average Bonchev–Trinajstić information content (AvgIpc) is 2.58. The summed E-state index contributed by atoms with van der Waals surface area (Å²) >= 11 is 0. The third kappa shape index (κ3) is 6.21. The van der Waals surface area contributed by atoms with Crippen LogP contribution in [0.1, 0.15) is 5.56 Å². The summed E-state index contributed by atoms with van der Waals surface area (Å²) in [5, 5.41) is 2.50. The number of ether oxygens (including phenoxy) is 1. The Labute approximate surface area is 156 Å². The highest BCUT2D eigenvalue weighted by Crippen LogP contribution is 2.22. The smallest absolute Gasteiger partial charge is 0.240 e. The van der Waals surface area contributed by atoms with Crippen LogP contribution in [0.5, 0.6) is 5.75 Å². The van der Waals surface area contributed by atoms with Crippen molar-refractivity contribution in [3.8, 4) is 5.75 Å². The van der Waals surface area contributed by atoms with Crippen molar-refractivity contribution in [2.75, 3.05) is 30.3 Å².